The molecule has 6 nitrogen and oxygen atoms in total. The van der Waals surface area contributed by atoms with Crippen LogP contribution in [0.25, 0.3) is 0 Å². The van der Waals surface area contributed by atoms with Crippen LogP contribution in [-0.4, -0.2) is 41.0 Å². The van der Waals surface area contributed by atoms with Crippen LogP contribution in [0.2, 0.25) is 0 Å². The van der Waals surface area contributed by atoms with Gasteiger partial charge in [-0.2, -0.15) is 0 Å². The van der Waals surface area contributed by atoms with E-state index in [1.54, 1.807) is 54.6 Å². The van der Waals surface area contributed by atoms with Gasteiger partial charge in [0.15, 0.2) is 5.78 Å². The minimum atomic E-state index is -1.07. The number of nitrogens with one attached hydrogen (secondary N) is 1. The van der Waals surface area contributed by atoms with Gasteiger partial charge in [0.1, 0.15) is 6.04 Å². The second-order valence-corrected chi connectivity index (χ2v) is 7.24. The van der Waals surface area contributed by atoms with Crippen molar-refractivity contribution in [2.24, 2.45) is 0 Å². The summed E-state index contributed by atoms with van der Waals surface area (Å²) in [6.45, 7) is -0.225. The number of hydrogen-bond donors (Lipinski definition) is 1. The van der Waals surface area contributed by atoms with Gasteiger partial charge in [-0.25, -0.2) is 0 Å². The number of rotatable bonds is 7. The van der Waals surface area contributed by atoms with E-state index in [1.165, 1.54) is 0 Å². The summed E-state index contributed by atoms with van der Waals surface area (Å²) in [4.78, 5) is 52.4. The third-order valence-corrected chi connectivity index (χ3v) is 5.23. The van der Waals surface area contributed by atoms with Crippen molar-refractivity contribution in [2.75, 3.05) is 6.54 Å². The SMILES string of the molecule is O=C(CNC(=O)C(Cc1ccccc1)N1C(=O)c2ccccc2C1=O)c1ccccc1. The smallest absolute Gasteiger partial charge is 0.262 e. The largest absolute Gasteiger partial charge is 0.347 e. The van der Waals surface area contributed by atoms with Crippen molar-refractivity contribution in [2.45, 2.75) is 12.5 Å². The van der Waals surface area contributed by atoms with Crippen LogP contribution in [0, 0.1) is 0 Å². The number of imide groups is 1. The predicted molar refractivity (Wildman–Crippen MR) is 115 cm³/mol. The number of nitrogens with zero attached hydrogens (tertiary/aromatic N) is 1. The Morgan fingerprint density at radius 3 is 1.84 bits per heavy atom. The molecule has 4 rings (SSSR count). The van der Waals surface area contributed by atoms with Gasteiger partial charge in [-0.05, 0) is 17.7 Å². The molecule has 1 aliphatic rings. The number of benzene rings is 3. The van der Waals surface area contributed by atoms with Crippen molar-refractivity contribution in [1.82, 2.24) is 10.2 Å². The Bertz CT molecular complexity index is 1110. The normalized spacial score (nSPS) is 13.6. The van der Waals surface area contributed by atoms with Gasteiger partial charge in [0.2, 0.25) is 5.91 Å². The number of carbonyl (C=O) groups excluding carboxylic acids is 4. The third-order valence-electron chi connectivity index (χ3n) is 5.23. The summed E-state index contributed by atoms with van der Waals surface area (Å²) >= 11 is 0. The van der Waals surface area contributed by atoms with Crippen LogP contribution in [-0.2, 0) is 11.2 Å². The van der Waals surface area contributed by atoms with E-state index in [9.17, 15) is 19.2 Å². The van der Waals surface area contributed by atoms with Crippen LogP contribution in [0.1, 0.15) is 36.6 Å². The lowest BCUT2D eigenvalue weighted by Gasteiger charge is -2.25. The zero-order valence-electron chi connectivity index (χ0n) is 16.7. The maximum absolute atomic E-state index is 13.1. The molecule has 6 heteroatoms. The van der Waals surface area contributed by atoms with Crippen molar-refractivity contribution in [3.8, 4) is 0 Å². The van der Waals surface area contributed by atoms with Gasteiger partial charge in [-0.3, -0.25) is 24.1 Å². The van der Waals surface area contributed by atoms with Gasteiger partial charge >= 0.3 is 0 Å². The molecule has 1 atom stereocenters. The number of Topliss-reactive ketones (excluding diaryl/α,β-unsaturated/α-hetero) is 1. The lowest BCUT2D eigenvalue weighted by atomic mass is 10.0. The van der Waals surface area contributed by atoms with Crippen LogP contribution >= 0.6 is 0 Å². The van der Waals surface area contributed by atoms with E-state index in [-0.39, 0.29) is 29.9 Å². The fraction of sp³-hybridized carbons (Fsp3) is 0.120. The average molecular weight is 412 g/mol. The van der Waals surface area contributed by atoms with Crippen LogP contribution < -0.4 is 5.32 Å². The molecule has 3 aromatic rings. The van der Waals surface area contributed by atoms with E-state index in [4.69, 9.17) is 0 Å². The van der Waals surface area contributed by atoms with E-state index in [1.807, 2.05) is 30.3 Å². The van der Waals surface area contributed by atoms with Gasteiger partial charge in [-0.1, -0.05) is 72.8 Å². The highest BCUT2D eigenvalue weighted by atomic mass is 16.2. The molecule has 0 fully saturated rings. The van der Waals surface area contributed by atoms with Crippen LogP contribution in [0.15, 0.2) is 84.9 Å². The molecule has 154 valence electrons. The number of carbonyl (C=O) groups is 4. The Morgan fingerprint density at radius 2 is 1.26 bits per heavy atom. The highest BCUT2D eigenvalue weighted by Gasteiger charge is 2.42. The van der Waals surface area contributed by atoms with Crippen LogP contribution in [0.5, 0.6) is 0 Å². The summed E-state index contributed by atoms with van der Waals surface area (Å²) in [7, 11) is 0. The minimum Gasteiger partial charge on any atom is -0.347 e. The Morgan fingerprint density at radius 1 is 0.742 bits per heavy atom. The Kier molecular flexibility index (Phi) is 5.71. The summed E-state index contributed by atoms with van der Waals surface area (Å²) in [6, 6.07) is 23.2. The number of ketones is 1. The molecule has 31 heavy (non-hydrogen) atoms. The molecule has 0 aromatic heterocycles. The minimum absolute atomic E-state index is 0.150. The Labute approximate surface area is 179 Å². The zero-order valence-corrected chi connectivity index (χ0v) is 16.7. The molecule has 1 heterocycles. The maximum atomic E-state index is 13.1. The molecule has 3 aromatic carbocycles. The second kappa shape index (κ2) is 8.75. The molecule has 1 unspecified atom stereocenters. The molecule has 0 bridgehead atoms. The molecule has 1 aliphatic heterocycles. The van der Waals surface area contributed by atoms with E-state index < -0.39 is 23.8 Å². The lowest BCUT2D eigenvalue weighted by Crippen LogP contribution is -2.51. The zero-order chi connectivity index (χ0) is 21.8. The first kappa shape index (κ1) is 20.2. The van der Waals surface area contributed by atoms with Crippen molar-refractivity contribution in [3.05, 3.63) is 107 Å². The standard InChI is InChI=1S/C25H20N2O4/c28-22(18-11-5-2-6-12-18)16-26-23(29)21(15-17-9-3-1-4-10-17)27-24(30)19-13-7-8-14-20(19)25(27)31/h1-14,21H,15-16H2,(H,26,29). The van der Waals surface area contributed by atoms with Gasteiger partial charge < -0.3 is 5.32 Å². The predicted octanol–water partition coefficient (Wildman–Crippen LogP) is 2.89. The molecule has 0 spiro atoms. The molecule has 0 saturated heterocycles. The number of fused-ring (bicyclic) bond motifs is 1. The average Bonchev–Trinajstić information content (AvgIpc) is 3.07. The quantitative estimate of drug-likeness (QED) is 0.478. The molecule has 0 radical (unpaired) electrons. The summed E-state index contributed by atoms with van der Waals surface area (Å²) in [6.07, 6.45) is 0.150. The molecule has 3 amide bonds. The second-order valence-electron chi connectivity index (χ2n) is 7.24. The van der Waals surface area contributed by atoms with Gasteiger partial charge in [0.25, 0.3) is 11.8 Å². The van der Waals surface area contributed by atoms with Crippen molar-refractivity contribution in [3.63, 3.8) is 0 Å². The summed E-state index contributed by atoms with van der Waals surface area (Å²) < 4.78 is 0. The number of hydrogen-bond acceptors (Lipinski definition) is 4. The van der Waals surface area contributed by atoms with Crippen molar-refractivity contribution < 1.29 is 19.2 Å². The topological polar surface area (TPSA) is 83.6 Å². The van der Waals surface area contributed by atoms with Crippen molar-refractivity contribution >= 4 is 23.5 Å². The first-order valence-corrected chi connectivity index (χ1v) is 9.93. The van der Waals surface area contributed by atoms with Gasteiger partial charge in [-0.15, -0.1) is 0 Å². The first-order valence-electron chi connectivity index (χ1n) is 9.93. The first-order chi connectivity index (χ1) is 15.1. The molecular weight excluding hydrogens is 392 g/mol. The van der Waals surface area contributed by atoms with Crippen LogP contribution in [0.3, 0.4) is 0 Å². The van der Waals surface area contributed by atoms with E-state index in [0.29, 0.717) is 5.56 Å². The lowest BCUT2D eigenvalue weighted by molar-refractivity contribution is -0.124. The Hall–Kier alpha value is -4.06. The van der Waals surface area contributed by atoms with Gasteiger partial charge in [0, 0.05) is 12.0 Å². The summed E-state index contributed by atoms with van der Waals surface area (Å²) in [5, 5.41) is 2.61. The molecular formula is C25H20N2O4. The molecule has 0 saturated carbocycles. The van der Waals surface area contributed by atoms with E-state index in [0.717, 1.165) is 10.5 Å². The fourth-order valence-corrected chi connectivity index (χ4v) is 3.64. The third kappa shape index (κ3) is 4.14. The maximum Gasteiger partial charge on any atom is 0.262 e. The summed E-state index contributed by atoms with van der Waals surface area (Å²) in [5.41, 5.74) is 1.83. The highest BCUT2D eigenvalue weighted by Crippen LogP contribution is 2.26. The van der Waals surface area contributed by atoms with E-state index in [2.05, 4.69) is 5.32 Å². The van der Waals surface area contributed by atoms with E-state index >= 15 is 0 Å². The fourth-order valence-electron chi connectivity index (χ4n) is 3.64. The molecule has 1 N–H and O–H groups in total. The van der Waals surface area contributed by atoms with Crippen LogP contribution in [0.4, 0.5) is 0 Å². The Balaban J connectivity index is 1.58. The van der Waals surface area contributed by atoms with Crippen molar-refractivity contribution in [1.29, 1.82) is 0 Å². The monoisotopic (exact) mass is 412 g/mol. The molecule has 0 aliphatic carbocycles. The number of amides is 3. The highest BCUT2D eigenvalue weighted by molar-refractivity contribution is 6.23. The summed E-state index contributed by atoms with van der Waals surface area (Å²) in [5.74, 6) is -1.82. The van der Waals surface area contributed by atoms with Gasteiger partial charge in [0.05, 0.1) is 17.7 Å².